The molecule has 2 nitrogen and oxygen atoms in total. The maximum absolute atomic E-state index is 3.74. The molecular weight excluding hydrogens is 244 g/mol. The minimum Gasteiger partial charge on any atom is -0.310 e. The summed E-state index contributed by atoms with van der Waals surface area (Å²) in [6.07, 6.45) is 4.08. The van der Waals surface area contributed by atoms with Crippen molar-refractivity contribution < 1.29 is 0 Å². The zero-order valence-electron chi connectivity index (χ0n) is 11.1. The van der Waals surface area contributed by atoms with Crippen LogP contribution in [-0.2, 0) is 6.54 Å². The van der Waals surface area contributed by atoms with Crippen LogP contribution in [0.1, 0.15) is 30.4 Å². The molecule has 2 saturated heterocycles. The van der Waals surface area contributed by atoms with E-state index in [9.17, 15) is 0 Å². The summed E-state index contributed by atoms with van der Waals surface area (Å²) in [7, 11) is 0. The monoisotopic (exact) mass is 266 g/mol. The minimum atomic E-state index is 0. The third kappa shape index (κ3) is 3.25. The second-order valence-electron chi connectivity index (χ2n) is 5.65. The Morgan fingerprint density at radius 1 is 1.22 bits per heavy atom. The number of nitrogens with one attached hydrogen (secondary N) is 1. The normalized spacial score (nSPS) is 27.6. The molecule has 0 amide bonds. The largest absolute Gasteiger partial charge is 0.310 e. The van der Waals surface area contributed by atoms with E-state index >= 15 is 0 Å². The number of rotatable bonds is 2. The third-order valence-corrected chi connectivity index (χ3v) is 4.10. The van der Waals surface area contributed by atoms with Gasteiger partial charge >= 0.3 is 0 Å². The van der Waals surface area contributed by atoms with Crippen molar-refractivity contribution in [3.8, 4) is 0 Å². The number of likely N-dealkylation sites (tertiary alicyclic amines) is 1. The van der Waals surface area contributed by atoms with E-state index in [0.29, 0.717) is 0 Å². The van der Waals surface area contributed by atoms with Crippen LogP contribution in [-0.4, -0.2) is 30.1 Å². The van der Waals surface area contributed by atoms with Crippen molar-refractivity contribution >= 4 is 12.4 Å². The predicted octanol–water partition coefficient (Wildman–Crippen LogP) is 2.74. The van der Waals surface area contributed by atoms with Gasteiger partial charge in [-0.15, -0.1) is 12.4 Å². The highest BCUT2D eigenvalue weighted by Gasteiger charge is 2.28. The van der Waals surface area contributed by atoms with E-state index in [1.165, 1.54) is 43.5 Å². The van der Waals surface area contributed by atoms with Crippen molar-refractivity contribution in [2.24, 2.45) is 0 Å². The van der Waals surface area contributed by atoms with Gasteiger partial charge in [-0.1, -0.05) is 29.8 Å². The molecule has 2 heterocycles. The van der Waals surface area contributed by atoms with Crippen LogP contribution in [0, 0.1) is 6.92 Å². The molecule has 2 aliphatic rings. The van der Waals surface area contributed by atoms with Gasteiger partial charge in [-0.3, -0.25) is 4.90 Å². The number of hydrogen-bond acceptors (Lipinski definition) is 2. The highest BCUT2D eigenvalue weighted by molar-refractivity contribution is 5.85. The van der Waals surface area contributed by atoms with Gasteiger partial charge < -0.3 is 5.32 Å². The van der Waals surface area contributed by atoms with E-state index in [1.807, 2.05) is 0 Å². The maximum Gasteiger partial charge on any atom is 0.0234 e. The first-order valence-electron chi connectivity index (χ1n) is 6.83. The Kier molecular flexibility index (Phi) is 4.66. The molecule has 1 aromatic carbocycles. The summed E-state index contributed by atoms with van der Waals surface area (Å²) in [5, 5.41) is 3.74. The topological polar surface area (TPSA) is 15.3 Å². The second kappa shape index (κ2) is 6.05. The first-order valence-corrected chi connectivity index (χ1v) is 6.83. The SMILES string of the molecule is Cc1cccc(CN2CCC3CCC(C2)N3)c1.Cl. The van der Waals surface area contributed by atoms with Crippen LogP contribution in [0.25, 0.3) is 0 Å². The lowest BCUT2D eigenvalue weighted by atomic mass is 10.1. The Labute approximate surface area is 116 Å². The van der Waals surface area contributed by atoms with E-state index in [1.54, 1.807) is 0 Å². The minimum absolute atomic E-state index is 0. The molecule has 0 radical (unpaired) electrons. The Bertz CT molecular complexity index is 394. The van der Waals surface area contributed by atoms with Crippen LogP contribution < -0.4 is 5.32 Å². The van der Waals surface area contributed by atoms with Gasteiger partial charge in [-0.25, -0.2) is 0 Å². The van der Waals surface area contributed by atoms with Crippen LogP contribution in [0.15, 0.2) is 24.3 Å². The smallest absolute Gasteiger partial charge is 0.0234 e. The Balaban J connectivity index is 0.00000120. The first kappa shape index (κ1) is 13.9. The molecule has 1 aromatic rings. The molecule has 2 atom stereocenters. The van der Waals surface area contributed by atoms with Gasteiger partial charge in [0, 0.05) is 31.7 Å². The molecule has 3 heteroatoms. The average Bonchev–Trinajstić information content (AvgIpc) is 2.63. The van der Waals surface area contributed by atoms with E-state index in [0.717, 1.165) is 18.6 Å². The molecule has 1 N–H and O–H groups in total. The number of hydrogen-bond donors (Lipinski definition) is 1. The van der Waals surface area contributed by atoms with Gasteiger partial charge in [0.25, 0.3) is 0 Å². The Hall–Kier alpha value is -0.570. The van der Waals surface area contributed by atoms with E-state index < -0.39 is 0 Å². The standard InChI is InChI=1S/C15H22N2.ClH/c1-12-3-2-4-13(9-12)10-17-8-7-14-5-6-15(11-17)16-14;/h2-4,9,14-16H,5-8,10-11H2,1H3;1H. The lowest BCUT2D eigenvalue weighted by molar-refractivity contribution is 0.251. The lowest BCUT2D eigenvalue weighted by Gasteiger charge is -2.24. The van der Waals surface area contributed by atoms with Crippen molar-refractivity contribution in [1.82, 2.24) is 10.2 Å². The van der Waals surface area contributed by atoms with Crippen molar-refractivity contribution in [1.29, 1.82) is 0 Å². The van der Waals surface area contributed by atoms with Crippen molar-refractivity contribution in [3.63, 3.8) is 0 Å². The summed E-state index contributed by atoms with van der Waals surface area (Å²) in [4.78, 5) is 2.62. The fourth-order valence-electron chi connectivity index (χ4n) is 3.23. The van der Waals surface area contributed by atoms with Crippen molar-refractivity contribution in [2.45, 2.75) is 44.8 Å². The summed E-state index contributed by atoms with van der Waals surface area (Å²) in [6, 6.07) is 10.5. The number of aryl methyl sites for hydroxylation is 1. The van der Waals surface area contributed by atoms with Crippen LogP contribution in [0.5, 0.6) is 0 Å². The van der Waals surface area contributed by atoms with Gasteiger partial charge in [-0.05, 0) is 31.7 Å². The average molecular weight is 267 g/mol. The molecule has 0 aliphatic carbocycles. The van der Waals surface area contributed by atoms with E-state index in [4.69, 9.17) is 0 Å². The molecule has 3 rings (SSSR count). The van der Waals surface area contributed by atoms with Crippen LogP contribution in [0.3, 0.4) is 0 Å². The Morgan fingerprint density at radius 2 is 2.06 bits per heavy atom. The van der Waals surface area contributed by atoms with Gasteiger partial charge in [0.2, 0.25) is 0 Å². The number of nitrogens with zero attached hydrogens (tertiary/aromatic N) is 1. The number of benzene rings is 1. The summed E-state index contributed by atoms with van der Waals surface area (Å²) in [5.74, 6) is 0. The molecule has 0 spiro atoms. The zero-order valence-corrected chi connectivity index (χ0v) is 11.9. The fourth-order valence-corrected chi connectivity index (χ4v) is 3.23. The van der Waals surface area contributed by atoms with E-state index in [2.05, 4.69) is 41.4 Å². The van der Waals surface area contributed by atoms with Crippen LogP contribution in [0.2, 0.25) is 0 Å². The third-order valence-electron chi connectivity index (χ3n) is 4.10. The highest BCUT2D eigenvalue weighted by atomic mass is 35.5. The number of halogens is 1. The molecule has 2 fully saturated rings. The van der Waals surface area contributed by atoms with Gasteiger partial charge in [-0.2, -0.15) is 0 Å². The molecule has 100 valence electrons. The summed E-state index contributed by atoms with van der Waals surface area (Å²) < 4.78 is 0. The van der Waals surface area contributed by atoms with Crippen LogP contribution >= 0.6 is 12.4 Å². The van der Waals surface area contributed by atoms with Gasteiger partial charge in [0.15, 0.2) is 0 Å². The second-order valence-corrected chi connectivity index (χ2v) is 5.65. The van der Waals surface area contributed by atoms with Gasteiger partial charge in [0.1, 0.15) is 0 Å². The highest BCUT2D eigenvalue weighted by Crippen LogP contribution is 2.21. The molecular formula is C15H23ClN2. The predicted molar refractivity (Wildman–Crippen MR) is 78.3 cm³/mol. The molecule has 0 saturated carbocycles. The van der Waals surface area contributed by atoms with Crippen molar-refractivity contribution in [3.05, 3.63) is 35.4 Å². The molecule has 18 heavy (non-hydrogen) atoms. The quantitative estimate of drug-likeness (QED) is 0.886. The van der Waals surface area contributed by atoms with E-state index in [-0.39, 0.29) is 12.4 Å². The lowest BCUT2D eigenvalue weighted by Crippen LogP contribution is -2.34. The van der Waals surface area contributed by atoms with Crippen molar-refractivity contribution in [2.75, 3.05) is 13.1 Å². The van der Waals surface area contributed by atoms with Gasteiger partial charge in [0.05, 0.1) is 0 Å². The fraction of sp³-hybridized carbons (Fsp3) is 0.600. The maximum atomic E-state index is 3.74. The summed E-state index contributed by atoms with van der Waals surface area (Å²) in [6.45, 7) is 5.77. The zero-order chi connectivity index (χ0) is 11.7. The molecule has 2 unspecified atom stereocenters. The molecule has 2 aliphatic heterocycles. The molecule has 2 bridgehead atoms. The number of fused-ring (bicyclic) bond motifs is 2. The molecule has 0 aromatic heterocycles. The van der Waals surface area contributed by atoms with Crippen LogP contribution in [0.4, 0.5) is 0 Å². The summed E-state index contributed by atoms with van der Waals surface area (Å²) in [5.41, 5.74) is 2.83. The first-order chi connectivity index (χ1) is 8.29. The Morgan fingerprint density at radius 3 is 2.89 bits per heavy atom. The summed E-state index contributed by atoms with van der Waals surface area (Å²) >= 11 is 0.